The fraction of sp³-hybridized carbons (Fsp3) is 0.417. The average molecular weight is 338 g/mol. The zero-order valence-electron chi connectivity index (χ0n) is 11.1. The minimum absolute atomic E-state index is 0.00939. The number of hydrogen-bond acceptors (Lipinski definition) is 4. The highest BCUT2D eigenvalue weighted by atomic mass is 35.7. The van der Waals surface area contributed by atoms with E-state index in [0.717, 1.165) is 0 Å². The van der Waals surface area contributed by atoms with Gasteiger partial charge in [0.05, 0.1) is 4.90 Å². The van der Waals surface area contributed by atoms with E-state index < -0.39 is 19.9 Å². The van der Waals surface area contributed by atoms with Gasteiger partial charge < -0.3 is 5.32 Å². The van der Waals surface area contributed by atoms with E-state index in [1.165, 1.54) is 24.3 Å². The lowest BCUT2D eigenvalue weighted by molar-refractivity contribution is 0.0953. The molecule has 0 radical (unpaired) electrons. The minimum Gasteiger partial charge on any atom is -0.352 e. The largest absolute Gasteiger partial charge is 0.352 e. The number of benzene rings is 1. The zero-order valence-corrected chi connectivity index (χ0v) is 13.5. The molecule has 2 unspecified atom stereocenters. The molecule has 1 rings (SSSR count). The molecule has 0 aliphatic rings. The van der Waals surface area contributed by atoms with Crippen LogP contribution >= 0.6 is 10.7 Å². The van der Waals surface area contributed by atoms with Crippen molar-refractivity contribution in [2.45, 2.75) is 23.5 Å². The Hall–Kier alpha value is -0.920. The molecule has 2 atom stereocenters. The third kappa shape index (κ3) is 5.22. The van der Waals surface area contributed by atoms with E-state index in [-0.39, 0.29) is 21.6 Å². The smallest absolute Gasteiger partial charge is 0.261 e. The van der Waals surface area contributed by atoms with Gasteiger partial charge in [-0.25, -0.2) is 8.42 Å². The van der Waals surface area contributed by atoms with Gasteiger partial charge in [0, 0.05) is 45.1 Å². The normalized spacial score (nSPS) is 14.6. The van der Waals surface area contributed by atoms with Crippen molar-refractivity contribution < 1.29 is 17.4 Å². The van der Waals surface area contributed by atoms with Gasteiger partial charge in [-0.05, 0) is 24.6 Å². The van der Waals surface area contributed by atoms with Crippen molar-refractivity contribution in [2.75, 3.05) is 12.8 Å². The summed E-state index contributed by atoms with van der Waals surface area (Å²) in [7, 11) is 0.438. The summed E-state index contributed by atoms with van der Waals surface area (Å²) in [5.74, 6) is -0.388. The SMILES string of the molecule is CC(CCNC(=O)c1cccc(S(=O)(=O)Cl)c1)S(C)=O. The number of halogens is 1. The maximum Gasteiger partial charge on any atom is 0.261 e. The summed E-state index contributed by atoms with van der Waals surface area (Å²) in [5, 5.41) is 2.64. The fourth-order valence-corrected chi connectivity index (χ4v) is 2.69. The fourth-order valence-electron chi connectivity index (χ4n) is 1.45. The van der Waals surface area contributed by atoms with Crippen LogP contribution in [0.1, 0.15) is 23.7 Å². The molecule has 0 heterocycles. The maximum absolute atomic E-state index is 11.9. The molecule has 1 amide bonds. The van der Waals surface area contributed by atoms with Crippen LogP contribution in [0.2, 0.25) is 0 Å². The van der Waals surface area contributed by atoms with Crippen LogP contribution in [-0.4, -0.2) is 36.6 Å². The van der Waals surface area contributed by atoms with E-state index >= 15 is 0 Å². The number of hydrogen-bond donors (Lipinski definition) is 1. The molecule has 1 aromatic rings. The molecule has 0 aromatic heterocycles. The molecule has 112 valence electrons. The van der Waals surface area contributed by atoms with Crippen LogP contribution in [0.15, 0.2) is 29.2 Å². The molecular weight excluding hydrogens is 322 g/mol. The summed E-state index contributed by atoms with van der Waals surface area (Å²) in [6, 6.07) is 5.50. The van der Waals surface area contributed by atoms with Crippen molar-refractivity contribution in [1.82, 2.24) is 5.32 Å². The minimum atomic E-state index is -3.85. The van der Waals surface area contributed by atoms with Crippen molar-refractivity contribution >= 4 is 36.4 Å². The number of rotatable bonds is 6. The molecule has 0 bridgehead atoms. The first-order valence-corrected chi connectivity index (χ1v) is 9.80. The highest BCUT2D eigenvalue weighted by Crippen LogP contribution is 2.16. The van der Waals surface area contributed by atoms with Crippen LogP contribution in [0.3, 0.4) is 0 Å². The molecule has 0 fully saturated rings. The van der Waals surface area contributed by atoms with Gasteiger partial charge in [0.25, 0.3) is 15.0 Å². The molecule has 0 spiro atoms. The Morgan fingerprint density at radius 3 is 2.65 bits per heavy atom. The Balaban J connectivity index is 2.67. The summed E-state index contributed by atoms with van der Waals surface area (Å²) in [6.07, 6.45) is 2.20. The van der Waals surface area contributed by atoms with Gasteiger partial charge in [-0.1, -0.05) is 13.0 Å². The number of carbonyl (C=O) groups is 1. The highest BCUT2D eigenvalue weighted by molar-refractivity contribution is 8.13. The van der Waals surface area contributed by atoms with Crippen molar-refractivity contribution in [1.29, 1.82) is 0 Å². The Morgan fingerprint density at radius 1 is 1.45 bits per heavy atom. The monoisotopic (exact) mass is 337 g/mol. The standard InChI is InChI=1S/C12H16ClNO4S2/c1-9(19(2)16)6-7-14-12(15)10-4-3-5-11(8-10)20(13,17)18/h3-5,8-9H,6-7H2,1-2H3,(H,14,15). The molecule has 0 saturated heterocycles. The van der Waals surface area contributed by atoms with Crippen LogP contribution < -0.4 is 5.32 Å². The molecular formula is C12H16ClNO4S2. The number of nitrogens with one attached hydrogen (secondary N) is 1. The maximum atomic E-state index is 11.9. The highest BCUT2D eigenvalue weighted by Gasteiger charge is 2.13. The van der Waals surface area contributed by atoms with E-state index in [0.29, 0.717) is 13.0 Å². The van der Waals surface area contributed by atoms with Crippen molar-refractivity contribution in [3.05, 3.63) is 29.8 Å². The Bertz CT molecular complexity index is 616. The van der Waals surface area contributed by atoms with Gasteiger partial charge in [-0.3, -0.25) is 9.00 Å². The zero-order chi connectivity index (χ0) is 15.3. The molecule has 1 N–H and O–H groups in total. The summed E-state index contributed by atoms with van der Waals surface area (Å²) in [4.78, 5) is 11.7. The second kappa shape index (κ2) is 7.19. The second-order valence-electron chi connectivity index (χ2n) is 4.32. The predicted octanol–water partition coefficient (Wildman–Crippen LogP) is 1.50. The summed E-state index contributed by atoms with van der Waals surface area (Å²) in [5.41, 5.74) is 0.219. The van der Waals surface area contributed by atoms with Gasteiger partial charge in [0.15, 0.2) is 0 Å². The topological polar surface area (TPSA) is 80.3 Å². The van der Waals surface area contributed by atoms with Gasteiger partial charge in [0.2, 0.25) is 0 Å². The van der Waals surface area contributed by atoms with Crippen LogP contribution in [0.5, 0.6) is 0 Å². The first kappa shape index (κ1) is 17.1. The molecule has 0 aliphatic carbocycles. The Morgan fingerprint density at radius 2 is 2.10 bits per heavy atom. The second-order valence-corrected chi connectivity index (χ2v) is 8.69. The Kier molecular flexibility index (Phi) is 6.16. The lowest BCUT2D eigenvalue weighted by Crippen LogP contribution is -2.27. The van der Waals surface area contributed by atoms with Crippen LogP contribution in [-0.2, 0) is 19.9 Å². The first-order chi connectivity index (χ1) is 9.21. The number of carbonyl (C=O) groups excluding carboxylic acids is 1. The summed E-state index contributed by atoms with van der Waals surface area (Å²) >= 11 is 0. The molecule has 1 aromatic carbocycles. The van der Waals surface area contributed by atoms with Crippen molar-refractivity contribution in [3.63, 3.8) is 0 Å². The first-order valence-electron chi connectivity index (χ1n) is 5.87. The van der Waals surface area contributed by atoms with E-state index in [4.69, 9.17) is 10.7 Å². The van der Waals surface area contributed by atoms with Crippen molar-refractivity contribution in [2.24, 2.45) is 0 Å². The van der Waals surface area contributed by atoms with Crippen LogP contribution in [0, 0.1) is 0 Å². The van der Waals surface area contributed by atoms with E-state index in [1.54, 1.807) is 6.26 Å². The number of amides is 1. The van der Waals surface area contributed by atoms with Crippen molar-refractivity contribution in [3.8, 4) is 0 Å². The molecule has 5 nitrogen and oxygen atoms in total. The molecule has 0 aliphatic heterocycles. The Labute approximate surface area is 125 Å². The molecule has 20 heavy (non-hydrogen) atoms. The average Bonchev–Trinajstić information content (AvgIpc) is 2.37. The lowest BCUT2D eigenvalue weighted by Gasteiger charge is -2.09. The van der Waals surface area contributed by atoms with Gasteiger partial charge in [-0.15, -0.1) is 0 Å². The molecule has 8 heteroatoms. The lowest BCUT2D eigenvalue weighted by atomic mass is 10.2. The van der Waals surface area contributed by atoms with Crippen LogP contribution in [0.4, 0.5) is 0 Å². The van der Waals surface area contributed by atoms with E-state index in [1.807, 2.05) is 6.92 Å². The predicted molar refractivity (Wildman–Crippen MR) is 80.0 cm³/mol. The van der Waals surface area contributed by atoms with Gasteiger partial charge >= 0.3 is 0 Å². The summed E-state index contributed by atoms with van der Waals surface area (Å²) < 4.78 is 33.5. The van der Waals surface area contributed by atoms with E-state index in [2.05, 4.69) is 5.32 Å². The third-order valence-corrected chi connectivity index (χ3v) is 5.50. The van der Waals surface area contributed by atoms with Gasteiger partial charge in [0.1, 0.15) is 0 Å². The quantitative estimate of drug-likeness (QED) is 0.798. The third-order valence-electron chi connectivity index (χ3n) is 2.78. The molecule has 0 saturated carbocycles. The van der Waals surface area contributed by atoms with Crippen LogP contribution in [0.25, 0.3) is 0 Å². The summed E-state index contributed by atoms with van der Waals surface area (Å²) in [6.45, 7) is 2.21. The van der Waals surface area contributed by atoms with Gasteiger partial charge in [-0.2, -0.15) is 0 Å². The van der Waals surface area contributed by atoms with E-state index in [9.17, 15) is 17.4 Å².